The number of aliphatic hydroxyl groups is 1. The Morgan fingerprint density at radius 2 is 2.18 bits per heavy atom. The number of hydrogen-bond acceptors (Lipinski definition) is 4. The molecule has 2 atom stereocenters. The maximum Gasteiger partial charge on any atom is 0.326 e. The summed E-state index contributed by atoms with van der Waals surface area (Å²) in [6, 6.07) is 6.94. The van der Waals surface area contributed by atoms with E-state index in [-0.39, 0.29) is 0 Å². The summed E-state index contributed by atoms with van der Waals surface area (Å²) in [5.41, 5.74) is -0.452. The van der Waals surface area contributed by atoms with Crippen molar-refractivity contribution in [3.8, 4) is 0 Å². The number of aliphatic hydroxyl groups excluding tert-OH is 1. The Bertz CT molecular complexity index is 492. The molecular weight excluding hydrogens is 220 g/mol. The highest BCUT2D eigenvalue weighted by Gasteiger charge is 2.49. The Kier molecular flexibility index (Phi) is 2.81. The van der Waals surface area contributed by atoms with Crippen LogP contribution in [0.25, 0.3) is 6.08 Å². The zero-order chi connectivity index (χ0) is 12.5. The van der Waals surface area contributed by atoms with Crippen molar-refractivity contribution in [1.29, 1.82) is 0 Å². The molecule has 1 aromatic rings. The van der Waals surface area contributed by atoms with Crippen LogP contribution in [0, 0.1) is 0 Å². The first kappa shape index (κ1) is 11.5. The van der Waals surface area contributed by atoms with Crippen molar-refractivity contribution in [1.82, 2.24) is 0 Å². The molecule has 0 radical (unpaired) electrons. The number of hydrogen-bond donors (Lipinski definition) is 1. The summed E-state index contributed by atoms with van der Waals surface area (Å²) in [5.74, 6) is -0.753. The molecule has 4 heteroatoms. The van der Waals surface area contributed by atoms with Gasteiger partial charge in [0.05, 0.1) is 13.2 Å². The van der Waals surface area contributed by atoms with E-state index in [1.165, 1.54) is 13.2 Å². The molecule has 88 valence electrons. The van der Waals surface area contributed by atoms with Gasteiger partial charge in [-0.25, -0.2) is 0 Å². The van der Waals surface area contributed by atoms with Gasteiger partial charge >= 0.3 is 5.97 Å². The largest absolute Gasteiger partial charge is 0.468 e. The van der Waals surface area contributed by atoms with E-state index in [1.807, 2.05) is 0 Å². The highest BCUT2D eigenvalue weighted by molar-refractivity contribution is 6.03. The summed E-state index contributed by atoms with van der Waals surface area (Å²) in [4.78, 5) is 23.2. The quantitative estimate of drug-likeness (QED) is 0.463. The molecule has 2 rings (SSSR count). The Morgan fingerprint density at radius 1 is 1.47 bits per heavy atom. The van der Waals surface area contributed by atoms with E-state index in [2.05, 4.69) is 4.74 Å². The smallest absolute Gasteiger partial charge is 0.326 e. The molecule has 0 amide bonds. The van der Waals surface area contributed by atoms with Crippen molar-refractivity contribution in [2.75, 3.05) is 7.11 Å². The molecule has 0 aromatic heterocycles. The van der Waals surface area contributed by atoms with Gasteiger partial charge in [0, 0.05) is 0 Å². The summed E-state index contributed by atoms with van der Waals surface area (Å²) in [6.07, 6.45) is 2.35. The van der Waals surface area contributed by atoms with Gasteiger partial charge in [0.25, 0.3) is 0 Å². The standard InChI is InChI=1S/C13H12O4/c1-17-12(16)13(8-14)10-5-3-2-4-9(10)6-7-11(13)15/h2-8,11,15H,1H3. The van der Waals surface area contributed by atoms with Crippen LogP contribution in [-0.4, -0.2) is 30.6 Å². The number of aldehydes is 1. The van der Waals surface area contributed by atoms with Crippen molar-refractivity contribution in [2.45, 2.75) is 11.5 Å². The summed E-state index contributed by atoms with van der Waals surface area (Å²) >= 11 is 0. The molecule has 0 heterocycles. The topological polar surface area (TPSA) is 63.6 Å². The third kappa shape index (κ3) is 1.49. The average molecular weight is 232 g/mol. The fourth-order valence-electron chi connectivity index (χ4n) is 2.11. The first-order valence-corrected chi connectivity index (χ1v) is 5.17. The van der Waals surface area contributed by atoms with Crippen molar-refractivity contribution in [2.24, 2.45) is 0 Å². The van der Waals surface area contributed by atoms with Crippen LogP contribution in [0.4, 0.5) is 0 Å². The second-order valence-corrected chi connectivity index (χ2v) is 3.87. The van der Waals surface area contributed by atoms with Gasteiger partial charge in [0.1, 0.15) is 6.29 Å². The fraction of sp³-hybridized carbons (Fsp3) is 0.231. The predicted molar refractivity (Wildman–Crippen MR) is 61.2 cm³/mol. The third-order valence-corrected chi connectivity index (χ3v) is 3.04. The van der Waals surface area contributed by atoms with Gasteiger partial charge in [-0.3, -0.25) is 4.79 Å². The number of rotatable bonds is 2. The van der Waals surface area contributed by atoms with Crippen LogP contribution >= 0.6 is 0 Å². The van der Waals surface area contributed by atoms with Gasteiger partial charge in [-0.15, -0.1) is 0 Å². The monoisotopic (exact) mass is 232 g/mol. The minimum absolute atomic E-state index is 0.450. The molecule has 0 spiro atoms. The predicted octanol–water partition coefficient (Wildman–Crippen LogP) is 0.684. The van der Waals surface area contributed by atoms with Crippen molar-refractivity contribution < 1.29 is 19.4 Å². The Morgan fingerprint density at radius 3 is 2.82 bits per heavy atom. The lowest BCUT2D eigenvalue weighted by atomic mass is 9.72. The first-order chi connectivity index (χ1) is 8.16. The van der Waals surface area contributed by atoms with Crippen molar-refractivity contribution >= 4 is 18.3 Å². The zero-order valence-corrected chi connectivity index (χ0v) is 9.29. The minimum Gasteiger partial charge on any atom is -0.468 e. The molecule has 0 bridgehead atoms. The minimum atomic E-state index is -1.65. The number of carbonyl (C=O) groups is 2. The number of esters is 1. The second kappa shape index (κ2) is 4.14. The van der Waals surface area contributed by atoms with Gasteiger partial charge in [0.2, 0.25) is 0 Å². The van der Waals surface area contributed by atoms with E-state index in [1.54, 1.807) is 30.3 Å². The van der Waals surface area contributed by atoms with E-state index in [9.17, 15) is 14.7 Å². The van der Waals surface area contributed by atoms with E-state index in [0.29, 0.717) is 11.8 Å². The number of carbonyl (C=O) groups excluding carboxylic acids is 2. The maximum atomic E-state index is 11.8. The highest BCUT2D eigenvalue weighted by atomic mass is 16.5. The lowest BCUT2D eigenvalue weighted by molar-refractivity contribution is -0.153. The molecular formula is C13H12O4. The molecule has 1 aliphatic carbocycles. The van der Waals surface area contributed by atoms with Crippen LogP contribution in [0.2, 0.25) is 0 Å². The van der Waals surface area contributed by atoms with E-state index in [4.69, 9.17) is 0 Å². The van der Waals surface area contributed by atoms with Gasteiger partial charge in [-0.1, -0.05) is 36.4 Å². The molecule has 0 saturated heterocycles. The molecule has 0 fully saturated rings. The van der Waals surface area contributed by atoms with E-state index in [0.717, 1.165) is 5.56 Å². The number of fused-ring (bicyclic) bond motifs is 1. The number of benzene rings is 1. The van der Waals surface area contributed by atoms with Crippen molar-refractivity contribution in [3.05, 3.63) is 41.5 Å². The molecule has 17 heavy (non-hydrogen) atoms. The third-order valence-electron chi connectivity index (χ3n) is 3.04. The number of ether oxygens (including phenoxy) is 1. The molecule has 1 aliphatic rings. The summed E-state index contributed by atoms with van der Waals surface area (Å²) < 4.78 is 4.65. The molecule has 2 unspecified atom stereocenters. The average Bonchev–Trinajstić information content (AvgIpc) is 2.38. The summed E-state index contributed by atoms with van der Waals surface area (Å²) in [7, 11) is 1.20. The van der Waals surface area contributed by atoms with Crippen LogP contribution in [0.15, 0.2) is 30.3 Å². The highest BCUT2D eigenvalue weighted by Crippen LogP contribution is 2.35. The number of methoxy groups -OCH3 is 1. The molecule has 4 nitrogen and oxygen atoms in total. The Balaban J connectivity index is 2.69. The van der Waals surface area contributed by atoms with Crippen LogP contribution in [0.5, 0.6) is 0 Å². The molecule has 1 aromatic carbocycles. The molecule has 0 aliphatic heterocycles. The van der Waals surface area contributed by atoms with Gasteiger partial charge in [0.15, 0.2) is 5.41 Å². The van der Waals surface area contributed by atoms with E-state index < -0.39 is 17.5 Å². The Hall–Kier alpha value is -1.94. The Labute approximate surface area is 98.5 Å². The fourth-order valence-corrected chi connectivity index (χ4v) is 2.11. The first-order valence-electron chi connectivity index (χ1n) is 5.17. The zero-order valence-electron chi connectivity index (χ0n) is 9.29. The second-order valence-electron chi connectivity index (χ2n) is 3.87. The van der Waals surface area contributed by atoms with Crippen LogP contribution in [0.1, 0.15) is 11.1 Å². The SMILES string of the molecule is COC(=O)C1(C=O)c2ccccc2C=CC1O. The lowest BCUT2D eigenvalue weighted by Crippen LogP contribution is -2.49. The normalized spacial score (nSPS) is 26.1. The lowest BCUT2D eigenvalue weighted by Gasteiger charge is -2.32. The maximum absolute atomic E-state index is 11.8. The molecule has 1 N–H and O–H groups in total. The van der Waals surface area contributed by atoms with Gasteiger partial charge < -0.3 is 14.6 Å². The summed E-state index contributed by atoms with van der Waals surface area (Å²) in [6.45, 7) is 0. The van der Waals surface area contributed by atoms with Crippen LogP contribution in [-0.2, 0) is 19.7 Å². The summed E-state index contributed by atoms with van der Waals surface area (Å²) in [5, 5.41) is 9.95. The van der Waals surface area contributed by atoms with Crippen molar-refractivity contribution in [3.63, 3.8) is 0 Å². The van der Waals surface area contributed by atoms with E-state index >= 15 is 0 Å². The van der Waals surface area contributed by atoms with Crippen LogP contribution in [0.3, 0.4) is 0 Å². The molecule has 0 saturated carbocycles. The van der Waals surface area contributed by atoms with Gasteiger partial charge in [-0.2, -0.15) is 0 Å². The van der Waals surface area contributed by atoms with Gasteiger partial charge in [-0.05, 0) is 11.1 Å². The van der Waals surface area contributed by atoms with Crippen LogP contribution < -0.4 is 0 Å².